The number of nitrogens with one attached hydrogen (secondary N) is 1. The molecule has 0 radical (unpaired) electrons. The zero-order valence-corrected chi connectivity index (χ0v) is 45.1. The van der Waals surface area contributed by atoms with Crippen molar-refractivity contribution in [2.45, 2.75) is 341 Å². The van der Waals surface area contributed by atoms with Gasteiger partial charge in [-0.2, -0.15) is 0 Å². The molecule has 0 aromatic rings. The Morgan fingerprint density at radius 3 is 1.06 bits per heavy atom. The summed E-state index contributed by atoms with van der Waals surface area (Å²) in [6, 6.07) is -0.654. The van der Waals surface area contributed by atoms with Crippen molar-refractivity contribution in [3.05, 3.63) is 24.3 Å². The third-order valence-corrected chi connectivity index (χ3v) is 14.0. The number of aliphatic hydroxyl groups excluding tert-OH is 2. The van der Waals surface area contributed by atoms with Gasteiger partial charge in [-0.05, 0) is 57.8 Å². The minimum absolute atomic E-state index is 0.0342. The SMILES string of the molecule is CCCCCCCCCCCCCCCCCCCCCCCC/C=C/C(O)C(CO)NC(=O)CCCCCC/C=C\CCCCOC(=O)CCCCCCCCCCCCCCCCCC. The van der Waals surface area contributed by atoms with Gasteiger partial charge in [0.15, 0.2) is 0 Å². The van der Waals surface area contributed by atoms with E-state index in [2.05, 4.69) is 31.3 Å². The van der Waals surface area contributed by atoms with E-state index >= 15 is 0 Å². The van der Waals surface area contributed by atoms with Gasteiger partial charge in [0.25, 0.3) is 0 Å². The van der Waals surface area contributed by atoms with E-state index in [0.717, 1.165) is 77.0 Å². The van der Waals surface area contributed by atoms with Crippen LogP contribution in [0.1, 0.15) is 328 Å². The molecule has 0 saturated carbocycles. The summed E-state index contributed by atoms with van der Waals surface area (Å²) in [6.07, 6.45) is 69.3. The minimum Gasteiger partial charge on any atom is -0.466 e. The molecule has 67 heavy (non-hydrogen) atoms. The number of hydrogen-bond donors (Lipinski definition) is 3. The highest BCUT2D eigenvalue weighted by Gasteiger charge is 2.18. The maximum Gasteiger partial charge on any atom is 0.305 e. The number of rotatable bonds is 56. The molecule has 0 aliphatic rings. The summed E-state index contributed by atoms with van der Waals surface area (Å²) in [5.41, 5.74) is 0. The first kappa shape index (κ1) is 65.3. The molecular formula is C61H117NO5. The second-order valence-corrected chi connectivity index (χ2v) is 20.7. The van der Waals surface area contributed by atoms with Crippen molar-refractivity contribution in [3.8, 4) is 0 Å². The lowest BCUT2D eigenvalue weighted by molar-refractivity contribution is -0.143. The molecule has 2 unspecified atom stereocenters. The van der Waals surface area contributed by atoms with Crippen LogP contribution in [0, 0.1) is 0 Å². The monoisotopic (exact) mass is 944 g/mol. The van der Waals surface area contributed by atoms with Crippen LogP contribution >= 0.6 is 0 Å². The number of allylic oxidation sites excluding steroid dienone is 3. The zero-order valence-electron chi connectivity index (χ0n) is 45.1. The van der Waals surface area contributed by atoms with Crippen LogP contribution in [0.15, 0.2) is 24.3 Å². The molecule has 6 heteroatoms. The molecule has 3 N–H and O–H groups in total. The third-order valence-electron chi connectivity index (χ3n) is 14.0. The lowest BCUT2D eigenvalue weighted by Gasteiger charge is -2.20. The summed E-state index contributed by atoms with van der Waals surface area (Å²) < 4.78 is 5.45. The van der Waals surface area contributed by atoms with Crippen molar-refractivity contribution in [3.63, 3.8) is 0 Å². The fraction of sp³-hybridized carbons (Fsp3) is 0.902. The normalized spacial score (nSPS) is 12.7. The number of aliphatic hydroxyl groups is 2. The van der Waals surface area contributed by atoms with Crippen LogP contribution < -0.4 is 5.32 Å². The molecule has 0 aliphatic heterocycles. The maximum atomic E-state index is 12.5. The Labute approximate surface area is 418 Å². The van der Waals surface area contributed by atoms with Gasteiger partial charge in [-0.1, -0.05) is 282 Å². The number of carbonyl (C=O) groups is 2. The third kappa shape index (κ3) is 53.5. The lowest BCUT2D eigenvalue weighted by atomic mass is 10.0. The van der Waals surface area contributed by atoms with E-state index < -0.39 is 12.1 Å². The molecule has 2 atom stereocenters. The van der Waals surface area contributed by atoms with Gasteiger partial charge in [-0.15, -0.1) is 0 Å². The first-order valence-electron chi connectivity index (χ1n) is 30.1. The van der Waals surface area contributed by atoms with E-state index in [1.54, 1.807) is 6.08 Å². The number of esters is 1. The van der Waals surface area contributed by atoms with Crippen LogP contribution in [0.5, 0.6) is 0 Å². The summed E-state index contributed by atoms with van der Waals surface area (Å²) in [4.78, 5) is 24.5. The Morgan fingerprint density at radius 2 is 0.701 bits per heavy atom. The predicted octanol–water partition coefficient (Wildman–Crippen LogP) is 18.6. The molecule has 0 saturated heterocycles. The van der Waals surface area contributed by atoms with Crippen LogP contribution in [-0.4, -0.2) is 47.4 Å². The van der Waals surface area contributed by atoms with Gasteiger partial charge < -0.3 is 20.3 Å². The van der Waals surface area contributed by atoms with Crippen LogP contribution in [0.25, 0.3) is 0 Å². The highest BCUT2D eigenvalue weighted by molar-refractivity contribution is 5.76. The molecule has 396 valence electrons. The average molecular weight is 945 g/mol. The summed E-state index contributed by atoms with van der Waals surface area (Å²) in [6.45, 7) is 4.84. The maximum absolute atomic E-state index is 12.5. The molecule has 0 aromatic heterocycles. The predicted molar refractivity (Wildman–Crippen MR) is 292 cm³/mol. The minimum atomic E-state index is -0.867. The summed E-state index contributed by atoms with van der Waals surface area (Å²) in [5.74, 6) is -0.134. The Bertz CT molecular complexity index is 1040. The zero-order chi connectivity index (χ0) is 48.6. The van der Waals surface area contributed by atoms with Crippen molar-refractivity contribution >= 4 is 11.9 Å². The second kappa shape index (κ2) is 56.9. The number of amides is 1. The molecule has 0 fully saturated rings. The van der Waals surface area contributed by atoms with Crippen molar-refractivity contribution in [1.29, 1.82) is 0 Å². The van der Waals surface area contributed by atoms with Crippen molar-refractivity contribution in [2.75, 3.05) is 13.2 Å². The molecule has 0 bridgehead atoms. The van der Waals surface area contributed by atoms with Crippen LogP contribution in [0.2, 0.25) is 0 Å². The Hall–Kier alpha value is -1.66. The second-order valence-electron chi connectivity index (χ2n) is 20.7. The van der Waals surface area contributed by atoms with E-state index in [1.165, 1.54) is 225 Å². The van der Waals surface area contributed by atoms with Crippen molar-refractivity contribution < 1.29 is 24.5 Å². The first-order chi connectivity index (χ1) is 33.0. The lowest BCUT2D eigenvalue weighted by Crippen LogP contribution is -2.45. The number of unbranched alkanes of at least 4 members (excludes halogenated alkanes) is 43. The van der Waals surface area contributed by atoms with Crippen LogP contribution in [0.3, 0.4) is 0 Å². The highest BCUT2D eigenvalue weighted by atomic mass is 16.5. The summed E-state index contributed by atoms with van der Waals surface area (Å²) >= 11 is 0. The summed E-state index contributed by atoms with van der Waals surface area (Å²) in [5, 5.41) is 23.2. The fourth-order valence-electron chi connectivity index (χ4n) is 9.34. The molecule has 0 spiro atoms. The van der Waals surface area contributed by atoms with Crippen LogP contribution in [-0.2, 0) is 14.3 Å². The van der Waals surface area contributed by atoms with Crippen LogP contribution in [0.4, 0.5) is 0 Å². The molecule has 0 rings (SSSR count). The van der Waals surface area contributed by atoms with E-state index in [9.17, 15) is 19.8 Å². The fourth-order valence-corrected chi connectivity index (χ4v) is 9.34. The van der Waals surface area contributed by atoms with Gasteiger partial charge in [0, 0.05) is 12.8 Å². The van der Waals surface area contributed by atoms with E-state index in [-0.39, 0.29) is 18.5 Å². The van der Waals surface area contributed by atoms with Gasteiger partial charge in [-0.3, -0.25) is 9.59 Å². The molecule has 6 nitrogen and oxygen atoms in total. The van der Waals surface area contributed by atoms with E-state index in [0.29, 0.717) is 19.4 Å². The van der Waals surface area contributed by atoms with Gasteiger partial charge in [-0.25, -0.2) is 0 Å². The smallest absolute Gasteiger partial charge is 0.305 e. The van der Waals surface area contributed by atoms with E-state index in [4.69, 9.17) is 4.74 Å². The van der Waals surface area contributed by atoms with E-state index in [1.807, 2.05) is 6.08 Å². The largest absolute Gasteiger partial charge is 0.466 e. The topological polar surface area (TPSA) is 95.9 Å². The molecule has 1 amide bonds. The Balaban J connectivity index is 3.52. The van der Waals surface area contributed by atoms with Gasteiger partial charge >= 0.3 is 5.97 Å². The quantitative estimate of drug-likeness (QED) is 0.0321. The average Bonchev–Trinajstić information content (AvgIpc) is 3.33. The van der Waals surface area contributed by atoms with Gasteiger partial charge in [0.1, 0.15) is 0 Å². The molecular weight excluding hydrogens is 827 g/mol. The molecule has 0 heterocycles. The highest BCUT2D eigenvalue weighted by Crippen LogP contribution is 2.17. The van der Waals surface area contributed by atoms with Crippen molar-refractivity contribution in [2.24, 2.45) is 0 Å². The van der Waals surface area contributed by atoms with Crippen molar-refractivity contribution in [1.82, 2.24) is 5.32 Å². The van der Waals surface area contributed by atoms with Gasteiger partial charge in [0.2, 0.25) is 5.91 Å². The molecule has 0 aromatic carbocycles. The Kier molecular flexibility index (Phi) is 55.5. The summed E-state index contributed by atoms with van der Waals surface area (Å²) in [7, 11) is 0. The number of ether oxygens (including phenoxy) is 1. The standard InChI is InChI=1S/C61H117NO5/c1-3-5-7-9-11-13-15-17-19-21-22-23-24-25-26-27-28-29-31-33-37-41-45-49-53-59(64)58(57-63)62-60(65)54-50-46-42-38-35-36-40-44-48-52-56-67-61(66)55-51-47-43-39-34-32-30-20-18-16-14-12-10-8-6-4-2/h36,40,49,53,58-59,63-64H,3-35,37-39,41-48,50-52,54-57H2,1-2H3,(H,62,65)/b40-36-,53-49+. The number of carbonyl (C=O) groups excluding carboxylic acids is 2. The Morgan fingerprint density at radius 1 is 0.403 bits per heavy atom. The number of hydrogen-bond acceptors (Lipinski definition) is 5. The van der Waals surface area contributed by atoms with Gasteiger partial charge in [0.05, 0.1) is 25.4 Å². The molecule has 0 aliphatic carbocycles. The first-order valence-corrected chi connectivity index (χ1v) is 30.1.